The van der Waals surface area contributed by atoms with Crippen LogP contribution in [0.4, 0.5) is 0 Å². The molecule has 0 amide bonds. The summed E-state index contributed by atoms with van der Waals surface area (Å²) in [5, 5.41) is 0.952. The Bertz CT molecular complexity index is 403. The predicted molar refractivity (Wildman–Crippen MR) is 57.2 cm³/mol. The summed E-state index contributed by atoms with van der Waals surface area (Å²) in [6, 6.07) is 0. The van der Waals surface area contributed by atoms with Crippen molar-refractivity contribution in [3.63, 3.8) is 0 Å². The molecule has 0 bridgehead atoms. The molecule has 0 aromatic rings. The zero-order chi connectivity index (χ0) is 11.4. The third-order valence-corrected chi connectivity index (χ3v) is 4.99. The highest BCUT2D eigenvalue weighted by Gasteiger charge is 2.19. The lowest BCUT2D eigenvalue weighted by molar-refractivity contribution is 0.586. The van der Waals surface area contributed by atoms with Crippen molar-refractivity contribution in [2.45, 2.75) is 18.6 Å². The second kappa shape index (κ2) is 4.75. The van der Waals surface area contributed by atoms with Crippen LogP contribution in [0.15, 0.2) is 24.0 Å². The fourth-order valence-corrected chi connectivity index (χ4v) is 2.51. The maximum Gasteiger partial charge on any atom is 0.173 e. The van der Waals surface area contributed by atoms with Crippen molar-refractivity contribution in [2.75, 3.05) is 5.75 Å². The summed E-state index contributed by atoms with van der Waals surface area (Å²) < 4.78 is 44.3. The van der Waals surface area contributed by atoms with Gasteiger partial charge in [-0.2, -0.15) is 0 Å². The highest BCUT2D eigenvalue weighted by atomic mass is 32.2. The second-order valence-electron chi connectivity index (χ2n) is 2.89. The molecule has 1 unspecified atom stereocenters. The molecule has 0 aliphatic rings. The van der Waals surface area contributed by atoms with E-state index >= 15 is 0 Å². The van der Waals surface area contributed by atoms with Crippen molar-refractivity contribution in [1.29, 1.82) is 0 Å². The van der Waals surface area contributed by atoms with Gasteiger partial charge in [0.2, 0.25) is 0 Å². The number of hydrogen-bond acceptors (Lipinski definition) is 4. The maximum absolute atomic E-state index is 11.2. The molecule has 6 heteroatoms. The largest absolute Gasteiger partial charge is 0.224 e. The fraction of sp³-hybridized carbons (Fsp3) is 0.500. The average molecular weight is 238 g/mol. The first kappa shape index (κ1) is 13.4. The Morgan fingerprint density at radius 3 is 2.00 bits per heavy atom. The molecule has 14 heavy (non-hydrogen) atoms. The molecular weight excluding hydrogens is 224 g/mol. The molecule has 0 aromatic heterocycles. The number of hydrogen-bond donors (Lipinski definition) is 0. The molecular formula is C8H14O4S2. The van der Waals surface area contributed by atoms with Gasteiger partial charge in [0.25, 0.3) is 0 Å². The minimum atomic E-state index is -3.36. The Morgan fingerprint density at radius 2 is 1.64 bits per heavy atom. The van der Waals surface area contributed by atoms with Crippen molar-refractivity contribution < 1.29 is 16.8 Å². The van der Waals surface area contributed by atoms with E-state index in [4.69, 9.17) is 0 Å². The Morgan fingerprint density at radius 1 is 1.14 bits per heavy atom. The van der Waals surface area contributed by atoms with E-state index in [-0.39, 0.29) is 12.2 Å². The fourth-order valence-electron chi connectivity index (χ4n) is 0.742. The molecule has 0 fully saturated rings. The minimum absolute atomic E-state index is 0.0582. The smallest absolute Gasteiger partial charge is 0.173 e. The average Bonchev–Trinajstić information content (AvgIpc) is 2.14. The van der Waals surface area contributed by atoms with E-state index in [0.717, 1.165) is 10.8 Å². The van der Waals surface area contributed by atoms with Crippen LogP contribution >= 0.6 is 0 Å². The second-order valence-corrected chi connectivity index (χ2v) is 7.27. The highest BCUT2D eigenvalue weighted by Crippen LogP contribution is 2.09. The van der Waals surface area contributed by atoms with E-state index in [1.807, 2.05) is 0 Å². The zero-order valence-corrected chi connectivity index (χ0v) is 9.64. The molecule has 0 aliphatic heterocycles. The molecule has 0 spiro atoms. The van der Waals surface area contributed by atoms with Gasteiger partial charge in [0.15, 0.2) is 19.7 Å². The quantitative estimate of drug-likeness (QED) is 0.689. The highest BCUT2D eigenvalue weighted by molar-refractivity contribution is 7.95. The molecule has 0 saturated carbocycles. The molecule has 0 radical (unpaired) electrons. The summed E-state index contributed by atoms with van der Waals surface area (Å²) in [6.07, 6.45) is 0.0582. The van der Waals surface area contributed by atoms with Gasteiger partial charge in [-0.05, 0) is 13.3 Å². The first-order chi connectivity index (χ1) is 6.25. The van der Waals surface area contributed by atoms with E-state index in [1.54, 1.807) is 0 Å². The van der Waals surface area contributed by atoms with Gasteiger partial charge in [0.05, 0.1) is 11.0 Å². The van der Waals surface area contributed by atoms with Crippen LogP contribution in [0.1, 0.15) is 13.3 Å². The van der Waals surface area contributed by atoms with Gasteiger partial charge >= 0.3 is 0 Å². The summed E-state index contributed by atoms with van der Waals surface area (Å²) in [5.74, 6) is -0.204. The predicted octanol–water partition coefficient (Wildman–Crippen LogP) is 0.882. The van der Waals surface area contributed by atoms with Gasteiger partial charge in [-0.25, -0.2) is 16.8 Å². The van der Waals surface area contributed by atoms with Crippen molar-refractivity contribution in [3.05, 3.63) is 24.0 Å². The van der Waals surface area contributed by atoms with Crippen LogP contribution in [0.3, 0.4) is 0 Å². The van der Waals surface area contributed by atoms with Crippen LogP contribution < -0.4 is 0 Å². The summed E-state index contributed by atoms with van der Waals surface area (Å²) >= 11 is 0. The first-order valence-corrected chi connectivity index (χ1v) is 7.29. The van der Waals surface area contributed by atoms with E-state index in [9.17, 15) is 16.8 Å². The SMILES string of the molecule is C=CS(=O)(=O)CCC(C)S(=O)(=O)C=C. The van der Waals surface area contributed by atoms with Crippen LogP contribution in [-0.4, -0.2) is 27.8 Å². The van der Waals surface area contributed by atoms with Crippen LogP contribution in [-0.2, 0) is 19.7 Å². The number of rotatable bonds is 6. The molecule has 4 nitrogen and oxygen atoms in total. The van der Waals surface area contributed by atoms with Gasteiger partial charge in [0, 0.05) is 10.8 Å². The van der Waals surface area contributed by atoms with Crippen molar-refractivity contribution in [2.24, 2.45) is 0 Å². The molecule has 1 atom stereocenters. The normalized spacial score (nSPS) is 14.6. The molecule has 0 rings (SSSR count). The molecule has 0 aliphatic carbocycles. The van der Waals surface area contributed by atoms with Gasteiger partial charge in [-0.15, -0.1) is 0 Å². The van der Waals surface area contributed by atoms with Crippen LogP contribution in [0.5, 0.6) is 0 Å². The van der Waals surface area contributed by atoms with Gasteiger partial charge in [0.1, 0.15) is 0 Å². The molecule has 82 valence electrons. The molecule has 0 N–H and O–H groups in total. The summed E-state index contributed by atoms with van der Waals surface area (Å²) in [5.41, 5.74) is 0. The Hall–Kier alpha value is -0.620. The van der Waals surface area contributed by atoms with E-state index in [0.29, 0.717) is 0 Å². The Balaban J connectivity index is 4.46. The Kier molecular flexibility index (Phi) is 4.54. The van der Waals surface area contributed by atoms with Crippen molar-refractivity contribution in [1.82, 2.24) is 0 Å². The topological polar surface area (TPSA) is 68.3 Å². The molecule has 0 heterocycles. The first-order valence-electron chi connectivity index (χ1n) is 3.96. The summed E-state index contributed by atoms with van der Waals surface area (Å²) in [6.45, 7) is 7.75. The van der Waals surface area contributed by atoms with Gasteiger partial charge in [-0.3, -0.25) is 0 Å². The lowest BCUT2D eigenvalue weighted by Gasteiger charge is -2.07. The van der Waals surface area contributed by atoms with Crippen LogP contribution in [0.2, 0.25) is 0 Å². The molecule has 0 aromatic carbocycles. The standard InChI is InChI=1S/C8H14O4S2/c1-4-13(9,10)7-6-8(3)14(11,12)5-2/h4-5,8H,1-2,6-7H2,3H3. The summed E-state index contributed by atoms with van der Waals surface area (Å²) in [4.78, 5) is 0. The maximum atomic E-state index is 11.2. The third kappa shape index (κ3) is 4.06. The lowest BCUT2D eigenvalue weighted by atomic mass is 10.4. The monoisotopic (exact) mass is 238 g/mol. The Labute approximate surface area is 85.2 Å². The van der Waals surface area contributed by atoms with E-state index < -0.39 is 24.9 Å². The van der Waals surface area contributed by atoms with Crippen LogP contribution in [0, 0.1) is 0 Å². The van der Waals surface area contributed by atoms with Gasteiger partial charge in [-0.1, -0.05) is 13.2 Å². The van der Waals surface area contributed by atoms with Gasteiger partial charge < -0.3 is 0 Å². The lowest BCUT2D eigenvalue weighted by Crippen LogP contribution is -2.18. The van der Waals surface area contributed by atoms with Crippen molar-refractivity contribution >= 4 is 19.7 Å². The zero-order valence-electron chi connectivity index (χ0n) is 8.01. The van der Waals surface area contributed by atoms with Crippen molar-refractivity contribution in [3.8, 4) is 0 Å². The third-order valence-electron chi connectivity index (χ3n) is 1.86. The minimum Gasteiger partial charge on any atom is -0.224 e. The molecule has 0 saturated heterocycles. The number of sulfone groups is 2. The van der Waals surface area contributed by atoms with E-state index in [2.05, 4.69) is 13.2 Å². The summed E-state index contributed by atoms with van der Waals surface area (Å²) in [7, 11) is -6.68. The van der Waals surface area contributed by atoms with Crippen LogP contribution in [0.25, 0.3) is 0 Å². The van der Waals surface area contributed by atoms with E-state index in [1.165, 1.54) is 6.92 Å².